The molecule has 0 atom stereocenters. The lowest BCUT2D eigenvalue weighted by Gasteiger charge is -2.14. The van der Waals surface area contributed by atoms with Crippen LogP contribution in [-0.4, -0.2) is 44.6 Å². The molecular weight excluding hydrogens is 392 g/mol. The minimum atomic E-state index is -4.45. The molecule has 0 N–H and O–H groups in total. The molecule has 0 heterocycles. The fraction of sp³-hybridized carbons (Fsp3) is 1.00. The zero-order valence-corrected chi connectivity index (χ0v) is 17.2. The van der Waals surface area contributed by atoms with Gasteiger partial charge in [0, 0.05) is 5.75 Å². The van der Waals surface area contributed by atoms with Gasteiger partial charge in [0.15, 0.2) is 0 Å². The van der Waals surface area contributed by atoms with Crippen molar-refractivity contribution in [3.05, 3.63) is 0 Å². The summed E-state index contributed by atoms with van der Waals surface area (Å²) < 4.78 is 75.9. The largest absolute Gasteiger partial charge is 0.331 e. The number of alkyl halides is 4. The molecule has 0 radical (unpaired) electrons. The van der Waals surface area contributed by atoms with Gasteiger partial charge in [-0.15, -0.1) is 0 Å². The van der Waals surface area contributed by atoms with Crippen molar-refractivity contribution >= 4 is 21.9 Å². The predicted octanol–water partition coefficient (Wildman–Crippen LogP) is 5.89. The molecule has 0 aromatic carbocycles. The van der Waals surface area contributed by atoms with Crippen LogP contribution in [0.1, 0.15) is 71.1 Å². The van der Waals surface area contributed by atoms with E-state index >= 15 is 0 Å². The smallest absolute Gasteiger partial charge is 0.263 e. The highest BCUT2D eigenvalue weighted by Crippen LogP contribution is 2.23. The van der Waals surface area contributed by atoms with Gasteiger partial charge in [0.2, 0.25) is 0 Å². The quantitative estimate of drug-likeness (QED) is 0.156. The molecule has 158 valence electrons. The molecule has 0 amide bonds. The summed E-state index contributed by atoms with van der Waals surface area (Å²) in [7, 11) is -4.20. The molecule has 0 fully saturated rings. The van der Waals surface area contributed by atoms with Gasteiger partial charge in [0.1, 0.15) is 6.61 Å². The zero-order chi connectivity index (χ0) is 19.9. The molecule has 0 saturated carbocycles. The number of rotatable bonds is 18. The van der Waals surface area contributed by atoms with Crippen molar-refractivity contribution < 1.29 is 30.2 Å². The van der Waals surface area contributed by atoms with E-state index < -0.39 is 34.8 Å². The van der Waals surface area contributed by atoms with E-state index in [0.717, 1.165) is 18.6 Å². The van der Waals surface area contributed by atoms with E-state index in [0.29, 0.717) is 0 Å². The van der Waals surface area contributed by atoms with Crippen LogP contribution in [0, 0.1) is 0 Å². The second kappa shape index (κ2) is 15.0. The van der Waals surface area contributed by atoms with Gasteiger partial charge in [-0.05, 0) is 12.2 Å². The van der Waals surface area contributed by atoms with Crippen molar-refractivity contribution in [2.45, 2.75) is 83.5 Å². The van der Waals surface area contributed by atoms with E-state index in [-0.39, 0.29) is 5.75 Å². The Morgan fingerprint density at radius 1 is 0.885 bits per heavy atom. The fourth-order valence-electron chi connectivity index (χ4n) is 2.24. The second-order valence-corrected chi connectivity index (χ2v) is 9.36. The molecule has 0 aromatic rings. The average molecular weight is 425 g/mol. The van der Waals surface area contributed by atoms with E-state index in [1.165, 1.54) is 63.1 Å². The first-order valence-corrected chi connectivity index (χ1v) is 12.1. The molecular formula is C17H32F4O3S2. The summed E-state index contributed by atoms with van der Waals surface area (Å²) in [5.74, 6) is -3.90. The van der Waals surface area contributed by atoms with Gasteiger partial charge in [-0.25, -0.2) is 8.78 Å². The Bertz CT molecular complexity index is 432. The molecule has 0 rings (SSSR count). The number of hydrogen-bond acceptors (Lipinski definition) is 4. The summed E-state index contributed by atoms with van der Waals surface area (Å²) in [6.45, 7) is 0.391. The van der Waals surface area contributed by atoms with Crippen molar-refractivity contribution in [2.75, 3.05) is 23.9 Å². The molecule has 0 saturated heterocycles. The first kappa shape index (κ1) is 26.0. The van der Waals surface area contributed by atoms with Crippen LogP contribution in [-0.2, 0) is 14.3 Å². The zero-order valence-electron chi connectivity index (χ0n) is 15.5. The molecule has 26 heavy (non-hydrogen) atoms. The first-order chi connectivity index (χ1) is 12.2. The Kier molecular flexibility index (Phi) is 15.0. The lowest BCUT2D eigenvalue weighted by molar-refractivity contribution is -0.147. The maximum Gasteiger partial charge on any atom is 0.331 e. The van der Waals surface area contributed by atoms with Crippen molar-refractivity contribution in [3.8, 4) is 0 Å². The maximum absolute atomic E-state index is 12.6. The molecule has 0 spiro atoms. The molecule has 0 aliphatic rings. The standard InChI is InChI=1S/C17H32F4O3S2/c1-2-3-4-5-6-7-8-9-10-11-12-25-13-14-26(22,23)24-15-17(20,21)16(18)19/h16H,2-15H2,1H3. The summed E-state index contributed by atoms with van der Waals surface area (Å²) in [5.41, 5.74) is 0. The van der Waals surface area contributed by atoms with Crippen LogP contribution in [0.3, 0.4) is 0 Å². The highest BCUT2D eigenvalue weighted by molar-refractivity contribution is 8.00. The second-order valence-electron chi connectivity index (χ2n) is 6.38. The highest BCUT2D eigenvalue weighted by atomic mass is 32.2. The summed E-state index contributed by atoms with van der Waals surface area (Å²) in [5, 5.41) is 0. The predicted molar refractivity (Wildman–Crippen MR) is 99.9 cm³/mol. The fourth-order valence-corrected chi connectivity index (χ4v) is 4.60. The Labute approximate surface area is 159 Å². The lowest BCUT2D eigenvalue weighted by atomic mass is 10.1. The third kappa shape index (κ3) is 15.1. The summed E-state index contributed by atoms with van der Waals surface area (Å²) in [6.07, 6.45) is 8.26. The minimum absolute atomic E-state index is 0.208. The van der Waals surface area contributed by atoms with Crippen LogP contribution in [0.5, 0.6) is 0 Å². The Morgan fingerprint density at radius 3 is 1.88 bits per heavy atom. The molecule has 0 aliphatic carbocycles. The average Bonchev–Trinajstić information content (AvgIpc) is 2.57. The van der Waals surface area contributed by atoms with Gasteiger partial charge in [-0.1, -0.05) is 64.7 Å². The Morgan fingerprint density at radius 2 is 1.38 bits per heavy atom. The first-order valence-electron chi connectivity index (χ1n) is 9.32. The summed E-state index contributed by atoms with van der Waals surface area (Å²) >= 11 is 1.40. The normalized spacial score (nSPS) is 12.8. The number of unbranched alkanes of at least 4 members (excludes halogenated alkanes) is 9. The molecule has 0 bridgehead atoms. The monoisotopic (exact) mass is 424 g/mol. The van der Waals surface area contributed by atoms with E-state index in [9.17, 15) is 26.0 Å². The van der Waals surface area contributed by atoms with Crippen LogP contribution in [0.25, 0.3) is 0 Å². The van der Waals surface area contributed by atoms with Crippen molar-refractivity contribution in [1.82, 2.24) is 0 Å². The van der Waals surface area contributed by atoms with Crippen molar-refractivity contribution in [2.24, 2.45) is 0 Å². The van der Waals surface area contributed by atoms with Crippen LogP contribution in [0.2, 0.25) is 0 Å². The highest BCUT2D eigenvalue weighted by Gasteiger charge is 2.42. The van der Waals surface area contributed by atoms with Crippen molar-refractivity contribution in [1.29, 1.82) is 0 Å². The van der Waals surface area contributed by atoms with Gasteiger partial charge in [-0.3, -0.25) is 4.18 Å². The van der Waals surface area contributed by atoms with Crippen LogP contribution in [0.4, 0.5) is 17.6 Å². The van der Waals surface area contributed by atoms with Crippen LogP contribution in [0.15, 0.2) is 0 Å². The molecule has 0 aromatic heterocycles. The SMILES string of the molecule is CCCCCCCCCCCCSCCS(=O)(=O)OCC(F)(F)C(F)F. The van der Waals surface area contributed by atoms with E-state index in [1.807, 2.05) is 0 Å². The van der Waals surface area contributed by atoms with Gasteiger partial charge in [0.05, 0.1) is 5.75 Å². The Balaban J connectivity index is 3.51. The topological polar surface area (TPSA) is 43.4 Å². The number of hydrogen-bond donors (Lipinski definition) is 0. The number of halogens is 4. The van der Waals surface area contributed by atoms with Crippen LogP contribution < -0.4 is 0 Å². The van der Waals surface area contributed by atoms with Gasteiger partial charge < -0.3 is 0 Å². The third-order valence-corrected chi connectivity index (χ3v) is 6.38. The van der Waals surface area contributed by atoms with E-state index in [1.54, 1.807) is 0 Å². The summed E-state index contributed by atoms with van der Waals surface area (Å²) in [4.78, 5) is 0. The molecule has 0 aliphatic heterocycles. The summed E-state index contributed by atoms with van der Waals surface area (Å²) in [6, 6.07) is 0. The van der Waals surface area contributed by atoms with Gasteiger partial charge in [0.25, 0.3) is 10.1 Å². The molecule has 9 heteroatoms. The van der Waals surface area contributed by atoms with Gasteiger partial charge >= 0.3 is 12.3 Å². The molecule has 3 nitrogen and oxygen atoms in total. The van der Waals surface area contributed by atoms with Crippen molar-refractivity contribution in [3.63, 3.8) is 0 Å². The lowest BCUT2D eigenvalue weighted by Crippen LogP contribution is -2.34. The molecule has 0 unspecified atom stereocenters. The minimum Gasteiger partial charge on any atom is -0.263 e. The van der Waals surface area contributed by atoms with Gasteiger partial charge in [-0.2, -0.15) is 29.0 Å². The van der Waals surface area contributed by atoms with Crippen LogP contribution >= 0.6 is 11.8 Å². The number of thioether (sulfide) groups is 1. The van der Waals surface area contributed by atoms with E-state index in [2.05, 4.69) is 11.1 Å². The Hall–Kier alpha value is -0.0200. The third-order valence-electron chi connectivity index (χ3n) is 3.87. The van der Waals surface area contributed by atoms with E-state index in [4.69, 9.17) is 0 Å². The maximum atomic E-state index is 12.6.